The number of ketones is 2. The van der Waals surface area contributed by atoms with E-state index in [-0.39, 0.29) is 17.9 Å². The summed E-state index contributed by atoms with van der Waals surface area (Å²) in [5.41, 5.74) is 0.597. The third kappa shape index (κ3) is 6.81. The summed E-state index contributed by atoms with van der Waals surface area (Å²) in [4.78, 5) is 49.4. The zero-order chi connectivity index (χ0) is 25.4. The van der Waals surface area contributed by atoms with E-state index in [1.54, 1.807) is 67.6 Å². The zero-order valence-electron chi connectivity index (χ0n) is 20.0. The Morgan fingerprint density at radius 1 is 0.800 bits per heavy atom. The van der Waals surface area contributed by atoms with Crippen LogP contribution in [0.2, 0.25) is 0 Å². The number of carbonyl (C=O) groups is 2. The van der Waals surface area contributed by atoms with Gasteiger partial charge in [0, 0.05) is 32.8 Å². The van der Waals surface area contributed by atoms with E-state index in [9.17, 15) is 29.8 Å². The molecule has 1 fully saturated rings. The molecular formula is C27H32N2O6. The van der Waals surface area contributed by atoms with Crippen LogP contribution in [0.4, 0.5) is 0 Å². The summed E-state index contributed by atoms with van der Waals surface area (Å²) in [6, 6.07) is 13.2. The Labute approximate surface area is 205 Å². The van der Waals surface area contributed by atoms with Crippen LogP contribution in [0.1, 0.15) is 75.1 Å². The first kappa shape index (κ1) is 26.2. The van der Waals surface area contributed by atoms with Crippen molar-refractivity contribution in [2.24, 2.45) is 17.8 Å². The van der Waals surface area contributed by atoms with E-state index in [0.717, 1.165) is 32.1 Å². The minimum atomic E-state index is -1.53. The van der Waals surface area contributed by atoms with Crippen LogP contribution in [0.15, 0.2) is 60.7 Å². The lowest BCUT2D eigenvalue weighted by molar-refractivity contribution is -0.514. The molecule has 3 rings (SSSR count). The summed E-state index contributed by atoms with van der Waals surface area (Å²) in [6.45, 7) is 1.59. The second-order valence-corrected chi connectivity index (χ2v) is 9.58. The highest BCUT2D eigenvalue weighted by molar-refractivity contribution is 5.89. The fourth-order valence-corrected chi connectivity index (χ4v) is 5.24. The van der Waals surface area contributed by atoms with Crippen LogP contribution in [0.25, 0.3) is 0 Å². The van der Waals surface area contributed by atoms with Crippen LogP contribution in [0, 0.1) is 38.0 Å². The highest BCUT2D eigenvalue weighted by Gasteiger charge is 2.41. The minimum absolute atomic E-state index is 0.0580. The third-order valence-electron chi connectivity index (χ3n) is 7.06. The van der Waals surface area contributed by atoms with E-state index >= 15 is 0 Å². The van der Waals surface area contributed by atoms with E-state index in [1.807, 2.05) is 0 Å². The quantitative estimate of drug-likeness (QED) is 0.281. The lowest BCUT2D eigenvalue weighted by Gasteiger charge is -2.28. The Kier molecular flexibility index (Phi) is 9.23. The molecule has 35 heavy (non-hydrogen) atoms. The molecule has 0 amide bonds. The largest absolute Gasteiger partial charge is 0.295 e. The van der Waals surface area contributed by atoms with Gasteiger partial charge in [-0.25, -0.2) is 0 Å². The standard InChI is InChI=1S/C27H32N2O6/c1-19(26(30)24(28(32)33)21-13-7-3-8-14-21)17-23(18-20-11-5-2-6-12-20)27(31)25(29(34)35)22-15-9-4-10-16-22/h3-4,7-10,13-16,19-20,23-25H,2,5-6,11-12,17-18H2,1H3. The number of carbonyl (C=O) groups excluding carboxylic acids is 2. The van der Waals surface area contributed by atoms with E-state index in [1.165, 1.54) is 0 Å². The van der Waals surface area contributed by atoms with Crippen molar-refractivity contribution in [3.63, 3.8) is 0 Å². The van der Waals surface area contributed by atoms with Gasteiger partial charge in [-0.05, 0) is 18.8 Å². The van der Waals surface area contributed by atoms with Crippen molar-refractivity contribution in [1.29, 1.82) is 0 Å². The van der Waals surface area contributed by atoms with Crippen LogP contribution in [-0.4, -0.2) is 21.4 Å². The molecule has 1 aliphatic rings. The maximum atomic E-state index is 13.6. The summed E-state index contributed by atoms with van der Waals surface area (Å²) < 4.78 is 0. The van der Waals surface area contributed by atoms with Crippen molar-refractivity contribution in [3.8, 4) is 0 Å². The number of nitrogens with zero attached hydrogens (tertiary/aromatic N) is 2. The summed E-state index contributed by atoms with van der Waals surface area (Å²) in [5, 5.41) is 23.8. The van der Waals surface area contributed by atoms with Crippen molar-refractivity contribution < 1.29 is 19.4 Å². The molecule has 0 heterocycles. The van der Waals surface area contributed by atoms with Crippen LogP contribution < -0.4 is 0 Å². The second-order valence-electron chi connectivity index (χ2n) is 9.58. The first-order valence-electron chi connectivity index (χ1n) is 12.2. The Morgan fingerprint density at radius 2 is 1.26 bits per heavy atom. The van der Waals surface area contributed by atoms with Crippen molar-refractivity contribution in [2.45, 2.75) is 64.0 Å². The average molecular weight is 481 g/mol. The summed E-state index contributed by atoms with van der Waals surface area (Å²) >= 11 is 0. The fourth-order valence-electron chi connectivity index (χ4n) is 5.24. The first-order chi connectivity index (χ1) is 16.8. The topological polar surface area (TPSA) is 120 Å². The third-order valence-corrected chi connectivity index (χ3v) is 7.06. The molecule has 1 aliphatic carbocycles. The molecule has 0 aromatic heterocycles. The van der Waals surface area contributed by atoms with Crippen molar-refractivity contribution in [1.82, 2.24) is 0 Å². The van der Waals surface area contributed by atoms with Crippen molar-refractivity contribution in [2.75, 3.05) is 0 Å². The number of Topliss-reactive ketones (excluding diaryl/α,β-unsaturated/α-hetero) is 2. The van der Waals surface area contributed by atoms with Gasteiger partial charge in [0.05, 0.1) is 0 Å². The molecule has 2 aromatic carbocycles. The second kappa shape index (κ2) is 12.3. The zero-order valence-corrected chi connectivity index (χ0v) is 20.0. The number of hydrogen-bond acceptors (Lipinski definition) is 6. The molecule has 0 N–H and O–H groups in total. The maximum absolute atomic E-state index is 13.6. The van der Waals surface area contributed by atoms with Gasteiger partial charge in [0.1, 0.15) is 0 Å². The number of hydrogen-bond donors (Lipinski definition) is 0. The summed E-state index contributed by atoms with van der Waals surface area (Å²) in [5.74, 6) is -2.38. The minimum Gasteiger partial charge on any atom is -0.291 e. The molecule has 4 atom stereocenters. The van der Waals surface area contributed by atoms with Gasteiger partial charge in [0.15, 0.2) is 0 Å². The smallest absolute Gasteiger partial charge is 0.291 e. The van der Waals surface area contributed by atoms with Crippen molar-refractivity contribution in [3.05, 3.63) is 92.0 Å². The molecule has 2 aromatic rings. The molecule has 0 bridgehead atoms. The molecule has 0 radical (unpaired) electrons. The van der Waals surface area contributed by atoms with Gasteiger partial charge >= 0.3 is 0 Å². The van der Waals surface area contributed by atoms with Gasteiger partial charge in [-0.15, -0.1) is 0 Å². The van der Waals surface area contributed by atoms with E-state index in [2.05, 4.69) is 0 Å². The normalized spacial score (nSPS) is 17.6. The molecule has 8 nitrogen and oxygen atoms in total. The average Bonchev–Trinajstić information content (AvgIpc) is 2.85. The van der Waals surface area contributed by atoms with E-state index in [0.29, 0.717) is 12.0 Å². The molecule has 186 valence electrons. The van der Waals surface area contributed by atoms with Crippen molar-refractivity contribution >= 4 is 11.6 Å². The fraction of sp³-hybridized carbons (Fsp3) is 0.481. The SMILES string of the molecule is CC(CC(CC1CCCCC1)C(=O)C(c1ccccc1)[N+](=O)[O-])C(=O)C(c1ccccc1)[N+](=O)[O-]. The van der Waals surface area contributed by atoms with Gasteiger partial charge < -0.3 is 0 Å². The first-order valence-corrected chi connectivity index (χ1v) is 12.2. The summed E-state index contributed by atoms with van der Waals surface area (Å²) in [6.07, 6.45) is 5.64. The van der Waals surface area contributed by atoms with Gasteiger partial charge in [-0.1, -0.05) is 99.7 Å². The van der Waals surface area contributed by atoms with E-state index in [4.69, 9.17) is 0 Å². The highest BCUT2D eigenvalue weighted by atomic mass is 16.6. The molecule has 8 heteroatoms. The van der Waals surface area contributed by atoms with Crippen LogP contribution in [0.3, 0.4) is 0 Å². The lowest BCUT2D eigenvalue weighted by atomic mass is 9.75. The van der Waals surface area contributed by atoms with Gasteiger partial charge in [-0.3, -0.25) is 29.8 Å². The van der Waals surface area contributed by atoms with Crippen LogP contribution >= 0.6 is 0 Å². The molecule has 0 spiro atoms. The monoisotopic (exact) mass is 480 g/mol. The van der Waals surface area contributed by atoms with Gasteiger partial charge in [-0.2, -0.15) is 0 Å². The Hall–Kier alpha value is -3.42. The maximum Gasteiger partial charge on any atom is 0.295 e. The van der Waals surface area contributed by atoms with Crippen LogP contribution in [-0.2, 0) is 9.59 Å². The molecule has 1 saturated carbocycles. The summed E-state index contributed by atoms with van der Waals surface area (Å²) in [7, 11) is 0. The van der Waals surface area contributed by atoms with Gasteiger partial charge in [0.2, 0.25) is 11.6 Å². The molecule has 4 unspecified atom stereocenters. The predicted molar refractivity (Wildman–Crippen MR) is 131 cm³/mol. The Bertz CT molecular complexity index is 1020. The molecule has 0 aliphatic heterocycles. The molecule has 0 saturated heterocycles. The number of rotatable bonds is 12. The van der Waals surface area contributed by atoms with Crippen LogP contribution in [0.5, 0.6) is 0 Å². The van der Waals surface area contributed by atoms with E-state index < -0.39 is 45.3 Å². The Balaban J connectivity index is 1.87. The number of benzene rings is 2. The Morgan fingerprint density at radius 3 is 1.71 bits per heavy atom. The highest BCUT2D eigenvalue weighted by Crippen LogP contribution is 2.36. The number of nitro groups is 2. The lowest BCUT2D eigenvalue weighted by Crippen LogP contribution is -2.33. The molecular weight excluding hydrogens is 448 g/mol. The van der Waals surface area contributed by atoms with Gasteiger partial charge in [0.25, 0.3) is 12.1 Å². The predicted octanol–water partition coefficient (Wildman–Crippen LogP) is 5.77.